The molecule has 0 atom stereocenters. The smallest absolute Gasteiger partial charge is 0.143 e. The molecule has 2 aromatic carbocycles. The summed E-state index contributed by atoms with van der Waals surface area (Å²) in [4.78, 5) is 10.4. The Bertz CT molecular complexity index is 583. The summed E-state index contributed by atoms with van der Waals surface area (Å²) in [5.41, 5.74) is 3.34. The molecular formula is C19H20O2. The van der Waals surface area contributed by atoms with Crippen LogP contribution in [0.2, 0.25) is 0 Å². The number of aryl methyl sites for hydroxylation is 1. The molecule has 0 fully saturated rings. The van der Waals surface area contributed by atoms with Gasteiger partial charge in [-0.05, 0) is 54.7 Å². The Hall–Kier alpha value is -2.35. The fourth-order valence-corrected chi connectivity index (χ4v) is 2.12. The summed E-state index contributed by atoms with van der Waals surface area (Å²) < 4.78 is 5.73. The lowest BCUT2D eigenvalue weighted by Gasteiger charge is -2.07. The number of hydrogen-bond donors (Lipinski definition) is 0. The number of ether oxygens (including phenoxy) is 1. The van der Waals surface area contributed by atoms with Crippen LogP contribution in [0.1, 0.15) is 24.5 Å². The fourth-order valence-electron chi connectivity index (χ4n) is 2.12. The Morgan fingerprint density at radius 3 is 2.43 bits per heavy atom. The van der Waals surface area contributed by atoms with E-state index in [1.807, 2.05) is 37.3 Å². The highest BCUT2D eigenvalue weighted by Crippen LogP contribution is 2.18. The molecule has 0 aliphatic rings. The van der Waals surface area contributed by atoms with Gasteiger partial charge in [0.2, 0.25) is 0 Å². The molecule has 2 heteroatoms. The molecule has 108 valence electrons. The molecular weight excluding hydrogens is 260 g/mol. The number of aldehydes is 1. The van der Waals surface area contributed by atoms with Gasteiger partial charge in [0.15, 0.2) is 0 Å². The second kappa shape index (κ2) is 8.05. The average Bonchev–Trinajstić information content (AvgIpc) is 2.53. The van der Waals surface area contributed by atoms with Gasteiger partial charge in [-0.3, -0.25) is 4.79 Å². The molecule has 0 saturated heterocycles. The van der Waals surface area contributed by atoms with Crippen LogP contribution in [0.25, 0.3) is 5.57 Å². The van der Waals surface area contributed by atoms with Crippen LogP contribution in [0.15, 0.2) is 60.7 Å². The monoisotopic (exact) mass is 280 g/mol. The van der Waals surface area contributed by atoms with Crippen LogP contribution in [0, 0.1) is 0 Å². The zero-order chi connectivity index (χ0) is 14.9. The maximum atomic E-state index is 10.4. The first kappa shape index (κ1) is 15.0. The number of carbonyl (C=O) groups is 1. The maximum Gasteiger partial charge on any atom is 0.143 e. The number of allylic oxidation sites excluding steroid dienone is 2. The lowest BCUT2D eigenvalue weighted by molar-refractivity contribution is -0.104. The van der Waals surface area contributed by atoms with Gasteiger partial charge in [-0.1, -0.05) is 42.5 Å². The van der Waals surface area contributed by atoms with Crippen molar-refractivity contribution in [1.29, 1.82) is 0 Å². The van der Waals surface area contributed by atoms with E-state index in [1.165, 1.54) is 5.56 Å². The highest BCUT2D eigenvalue weighted by molar-refractivity contribution is 5.80. The predicted molar refractivity (Wildman–Crippen MR) is 86.4 cm³/mol. The second-order valence-corrected chi connectivity index (χ2v) is 4.95. The van der Waals surface area contributed by atoms with Crippen LogP contribution in [0.5, 0.6) is 5.75 Å². The first-order valence-corrected chi connectivity index (χ1v) is 7.19. The third kappa shape index (κ3) is 4.92. The van der Waals surface area contributed by atoms with Crippen molar-refractivity contribution in [2.24, 2.45) is 0 Å². The summed E-state index contributed by atoms with van der Waals surface area (Å²) in [6.45, 7) is 2.63. The van der Waals surface area contributed by atoms with Gasteiger partial charge in [-0.25, -0.2) is 0 Å². The topological polar surface area (TPSA) is 26.3 Å². The van der Waals surface area contributed by atoms with Crippen molar-refractivity contribution in [3.63, 3.8) is 0 Å². The summed E-state index contributed by atoms with van der Waals surface area (Å²) in [6.07, 6.45) is 4.40. The second-order valence-electron chi connectivity index (χ2n) is 4.95. The predicted octanol–water partition coefficient (Wildman–Crippen LogP) is 4.30. The Labute approximate surface area is 126 Å². The Balaban J connectivity index is 1.79. The minimum Gasteiger partial charge on any atom is -0.494 e. The van der Waals surface area contributed by atoms with E-state index < -0.39 is 0 Å². The number of hydrogen-bond acceptors (Lipinski definition) is 2. The van der Waals surface area contributed by atoms with Gasteiger partial charge in [0, 0.05) is 0 Å². The maximum absolute atomic E-state index is 10.4. The Kier molecular flexibility index (Phi) is 5.77. The minimum atomic E-state index is 0.706. The quantitative estimate of drug-likeness (QED) is 0.429. The van der Waals surface area contributed by atoms with Gasteiger partial charge in [0.1, 0.15) is 12.0 Å². The van der Waals surface area contributed by atoms with Crippen LogP contribution in [0.4, 0.5) is 0 Å². The van der Waals surface area contributed by atoms with E-state index in [4.69, 9.17) is 4.74 Å². The van der Waals surface area contributed by atoms with Gasteiger partial charge in [-0.15, -0.1) is 0 Å². The number of benzene rings is 2. The molecule has 2 nitrogen and oxygen atoms in total. The highest BCUT2D eigenvalue weighted by atomic mass is 16.5. The molecule has 0 bridgehead atoms. The first-order chi connectivity index (χ1) is 10.3. The van der Waals surface area contributed by atoms with E-state index in [2.05, 4.69) is 24.3 Å². The molecule has 0 amide bonds. The molecule has 0 aliphatic heterocycles. The molecule has 0 aliphatic carbocycles. The zero-order valence-electron chi connectivity index (χ0n) is 12.3. The zero-order valence-corrected chi connectivity index (χ0v) is 12.3. The summed E-state index contributed by atoms with van der Waals surface area (Å²) in [5.74, 6) is 0.866. The third-order valence-corrected chi connectivity index (χ3v) is 3.35. The van der Waals surface area contributed by atoms with E-state index in [1.54, 1.807) is 6.08 Å². The summed E-state index contributed by atoms with van der Waals surface area (Å²) >= 11 is 0. The lowest BCUT2D eigenvalue weighted by Crippen LogP contribution is -1.99. The summed E-state index contributed by atoms with van der Waals surface area (Å²) in [6, 6.07) is 18.3. The van der Waals surface area contributed by atoms with E-state index in [-0.39, 0.29) is 0 Å². The molecule has 2 aromatic rings. The van der Waals surface area contributed by atoms with Gasteiger partial charge in [0.25, 0.3) is 0 Å². The van der Waals surface area contributed by atoms with Gasteiger partial charge >= 0.3 is 0 Å². The summed E-state index contributed by atoms with van der Waals surface area (Å²) in [5, 5.41) is 0. The van der Waals surface area contributed by atoms with Crippen molar-refractivity contribution in [3.05, 3.63) is 71.8 Å². The molecule has 0 aromatic heterocycles. The first-order valence-electron chi connectivity index (χ1n) is 7.19. The van der Waals surface area contributed by atoms with Crippen LogP contribution >= 0.6 is 0 Å². The van der Waals surface area contributed by atoms with Crippen LogP contribution in [-0.2, 0) is 11.2 Å². The summed E-state index contributed by atoms with van der Waals surface area (Å²) in [7, 11) is 0. The number of carbonyl (C=O) groups excluding carboxylic acids is 1. The van der Waals surface area contributed by atoms with Crippen molar-refractivity contribution in [1.82, 2.24) is 0 Å². The minimum absolute atomic E-state index is 0.706. The van der Waals surface area contributed by atoms with E-state index in [9.17, 15) is 4.79 Å². The van der Waals surface area contributed by atoms with Crippen molar-refractivity contribution in [2.75, 3.05) is 6.61 Å². The van der Waals surface area contributed by atoms with Crippen molar-refractivity contribution < 1.29 is 9.53 Å². The Morgan fingerprint density at radius 2 is 1.76 bits per heavy atom. The molecule has 0 radical (unpaired) electrons. The number of rotatable bonds is 7. The molecule has 2 rings (SSSR count). The van der Waals surface area contributed by atoms with Gasteiger partial charge in [0.05, 0.1) is 6.61 Å². The molecule has 0 spiro atoms. The van der Waals surface area contributed by atoms with E-state index >= 15 is 0 Å². The average molecular weight is 280 g/mol. The molecule has 0 saturated carbocycles. The van der Waals surface area contributed by atoms with E-state index in [0.717, 1.165) is 36.0 Å². The fraction of sp³-hybridized carbons (Fsp3) is 0.211. The van der Waals surface area contributed by atoms with Crippen molar-refractivity contribution in [3.8, 4) is 5.75 Å². The normalized spacial score (nSPS) is 11.2. The standard InChI is InChI=1S/C19H20O2/c1-16(13-14-20)18-9-11-19(12-10-18)21-15-5-8-17-6-3-2-4-7-17/h2-4,6-7,9-14H,5,8,15H2,1H3. The molecule has 0 heterocycles. The van der Waals surface area contributed by atoms with Crippen LogP contribution in [-0.4, -0.2) is 12.9 Å². The van der Waals surface area contributed by atoms with E-state index in [0.29, 0.717) is 6.61 Å². The lowest BCUT2D eigenvalue weighted by atomic mass is 10.1. The third-order valence-electron chi connectivity index (χ3n) is 3.35. The molecule has 21 heavy (non-hydrogen) atoms. The van der Waals surface area contributed by atoms with Gasteiger partial charge in [-0.2, -0.15) is 0 Å². The Morgan fingerprint density at radius 1 is 1.05 bits per heavy atom. The largest absolute Gasteiger partial charge is 0.494 e. The SMILES string of the molecule is CC(=CC=O)c1ccc(OCCCc2ccccc2)cc1. The molecule has 0 N–H and O–H groups in total. The van der Waals surface area contributed by atoms with Crippen molar-refractivity contribution in [2.45, 2.75) is 19.8 Å². The highest BCUT2D eigenvalue weighted by Gasteiger charge is 1.98. The van der Waals surface area contributed by atoms with Gasteiger partial charge < -0.3 is 4.74 Å². The van der Waals surface area contributed by atoms with Crippen LogP contribution in [0.3, 0.4) is 0 Å². The van der Waals surface area contributed by atoms with Crippen molar-refractivity contribution >= 4 is 11.9 Å². The molecule has 0 unspecified atom stereocenters. The van der Waals surface area contributed by atoms with Crippen LogP contribution < -0.4 is 4.74 Å².